The lowest BCUT2D eigenvalue weighted by molar-refractivity contribution is -0.132. The van der Waals surface area contributed by atoms with Gasteiger partial charge in [-0.2, -0.15) is 0 Å². The average Bonchev–Trinajstić information content (AvgIpc) is 2.42. The lowest BCUT2D eigenvalue weighted by atomic mass is 10.0. The maximum Gasteiger partial charge on any atom is 0.328 e. The number of fused-ring (bicyclic) bond motifs is 1. The summed E-state index contributed by atoms with van der Waals surface area (Å²) in [5.74, 6) is -1.99. The fourth-order valence-corrected chi connectivity index (χ4v) is 1.90. The largest absolute Gasteiger partial charge is 0.478 e. The quantitative estimate of drug-likeness (QED) is 0.836. The van der Waals surface area contributed by atoms with E-state index in [9.17, 15) is 9.59 Å². The summed E-state index contributed by atoms with van der Waals surface area (Å²) in [6, 6.07) is 11.0. The number of hydrogen-bond donors (Lipinski definition) is 2. The van der Waals surface area contributed by atoms with Crippen molar-refractivity contribution in [3.63, 3.8) is 0 Å². The first-order valence-corrected chi connectivity index (χ1v) is 5.91. The molecule has 2 aromatic rings. The summed E-state index contributed by atoms with van der Waals surface area (Å²) in [6.45, 7) is 0. The Kier molecular flexibility index (Phi) is 3.96. The molecule has 0 radical (unpaired) electrons. The number of carboxylic acid groups (broad SMARTS) is 2. The number of hydrogen-bond acceptors (Lipinski definition) is 2. The van der Waals surface area contributed by atoms with Gasteiger partial charge in [0, 0.05) is 12.2 Å². The van der Waals surface area contributed by atoms with Gasteiger partial charge in [-0.05, 0) is 40.1 Å². The van der Waals surface area contributed by atoms with Crippen LogP contribution < -0.4 is 0 Å². The van der Waals surface area contributed by atoms with Crippen LogP contribution in [-0.2, 0) is 9.59 Å². The highest BCUT2D eigenvalue weighted by molar-refractivity contribution is 5.95. The van der Waals surface area contributed by atoms with E-state index < -0.39 is 11.9 Å². The summed E-state index contributed by atoms with van der Waals surface area (Å²) in [5, 5.41) is 19.1. The SMILES string of the molecule is O=C(O)/C=C/c1ccc2c(/C=C/C(=O)O)cccc2c1. The van der Waals surface area contributed by atoms with Crippen molar-refractivity contribution in [1.82, 2.24) is 0 Å². The predicted octanol–water partition coefficient (Wildman–Crippen LogP) is 3.04. The van der Waals surface area contributed by atoms with Gasteiger partial charge in [-0.25, -0.2) is 9.59 Å². The minimum absolute atomic E-state index is 0.777. The van der Waals surface area contributed by atoms with Gasteiger partial charge in [0.1, 0.15) is 0 Å². The molecular formula is C16H12O4. The summed E-state index contributed by atoms with van der Waals surface area (Å²) >= 11 is 0. The number of benzene rings is 2. The van der Waals surface area contributed by atoms with Crippen LogP contribution in [0.1, 0.15) is 11.1 Å². The molecule has 20 heavy (non-hydrogen) atoms. The van der Waals surface area contributed by atoms with Crippen LogP contribution in [0.25, 0.3) is 22.9 Å². The second-order valence-electron chi connectivity index (χ2n) is 4.17. The molecule has 0 amide bonds. The molecule has 100 valence electrons. The second-order valence-corrected chi connectivity index (χ2v) is 4.17. The number of carbonyl (C=O) groups is 2. The molecule has 0 saturated carbocycles. The molecule has 0 unspecified atom stereocenters. The number of aliphatic carboxylic acids is 2. The summed E-state index contributed by atoms with van der Waals surface area (Å²) in [4.78, 5) is 21.0. The zero-order valence-corrected chi connectivity index (χ0v) is 10.5. The lowest BCUT2D eigenvalue weighted by Gasteiger charge is -2.03. The molecule has 2 aromatic carbocycles. The van der Waals surface area contributed by atoms with Gasteiger partial charge >= 0.3 is 11.9 Å². The molecule has 0 heterocycles. The summed E-state index contributed by atoms with van der Waals surface area (Å²) < 4.78 is 0. The van der Waals surface area contributed by atoms with E-state index in [1.807, 2.05) is 30.3 Å². The summed E-state index contributed by atoms with van der Waals surface area (Å²) in [7, 11) is 0. The van der Waals surface area contributed by atoms with E-state index in [1.54, 1.807) is 6.07 Å². The van der Waals surface area contributed by atoms with E-state index in [4.69, 9.17) is 10.2 Å². The van der Waals surface area contributed by atoms with Crippen LogP contribution in [0.2, 0.25) is 0 Å². The molecule has 0 fully saturated rings. The molecule has 0 aliphatic heterocycles. The smallest absolute Gasteiger partial charge is 0.328 e. The highest BCUT2D eigenvalue weighted by atomic mass is 16.4. The highest BCUT2D eigenvalue weighted by Crippen LogP contribution is 2.22. The van der Waals surface area contributed by atoms with Crippen molar-refractivity contribution in [2.24, 2.45) is 0 Å². The predicted molar refractivity (Wildman–Crippen MR) is 77.3 cm³/mol. The van der Waals surface area contributed by atoms with Crippen LogP contribution in [0.15, 0.2) is 48.6 Å². The third-order valence-corrected chi connectivity index (χ3v) is 2.76. The van der Waals surface area contributed by atoms with Gasteiger partial charge < -0.3 is 10.2 Å². The first kappa shape index (κ1) is 13.5. The molecular weight excluding hydrogens is 256 g/mol. The van der Waals surface area contributed by atoms with E-state index in [0.29, 0.717) is 0 Å². The van der Waals surface area contributed by atoms with Gasteiger partial charge in [0.15, 0.2) is 0 Å². The average molecular weight is 268 g/mol. The Morgan fingerprint density at radius 3 is 2.30 bits per heavy atom. The van der Waals surface area contributed by atoms with E-state index in [2.05, 4.69) is 0 Å². The molecule has 0 aliphatic rings. The molecule has 0 atom stereocenters. The zero-order chi connectivity index (χ0) is 14.5. The first-order chi connectivity index (χ1) is 9.56. The second kappa shape index (κ2) is 5.84. The summed E-state index contributed by atoms with van der Waals surface area (Å²) in [5.41, 5.74) is 1.58. The monoisotopic (exact) mass is 268 g/mol. The van der Waals surface area contributed by atoms with Gasteiger partial charge in [0.25, 0.3) is 0 Å². The fourth-order valence-electron chi connectivity index (χ4n) is 1.90. The van der Waals surface area contributed by atoms with Crippen LogP contribution >= 0.6 is 0 Å². The summed E-state index contributed by atoms with van der Waals surface area (Å²) in [6.07, 6.45) is 5.22. The lowest BCUT2D eigenvalue weighted by Crippen LogP contribution is -1.87. The molecule has 0 aliphatic carbocycles. The molecule has 0 saturated heterocycles. The molecule has 4 nitrogen and oxygen atoms in total. The Bertz CT molecular complexity index is 726. The van der Waals surface area contributed by atoms with Gasteiger partial charge in [-0.15, -0.1) is 0 Å². The molecule has 2 rings (SSSR count). The normalized spacial score (nSPS) is 11.4. The standard InChI is InChI=1S/C16H12O4/c17-15(18)8-5-11-4-7-14-12(6-9-16(19)20)2-1-3-13(14)10-11/h1-10H,(H,17,18)(H,19,20)/b8-5+,9-6+. The van der Waals surface area contributed by atoms with Gasteiger partial charge in [-0.1, -0.05) is 30.3 Å². The molecule has 0 aromatic heterocycles. The highest BCUT2D eigenvalue weighted by Gasteiger charge is 2.00. The van der Waals surface area contributed by atoms with Gasteiger partial charge in [-0.3, -0.25) is 0 Å². The zero-order valence-electron chi connectivity index (χ0n) is 10.5. The topological polar surface area (TPSA) is 74.6 Å². The van der Waals surface area contributed by atoms with Crippen molar-refractivity contribution < 1.29 is 19.8 Å². The van der Waals surface area contributed by atoms with Crippen LogP contribution in [-0.4, -0.2) is 22.2 Å². The van der Waals surface area contributed by atoms with Crippen molar-refractivity contribution >= 4 is 34.9 Å². The maximum atomic E-state index is 10.6. The first-order valence-electron chi connectivity index (χ1n) is 5.91. The molecule has 0 bridgehead atoms. The maximum absolute atomic E-state index is 10.6. The van der Waals surface area contributed by atoms with Crippen molar-refractivity contribution in [1.29, 1.82) is 0 Å². The Morgan fingerprint density at radius 1 is 0.900 bits per heavy atom. The van der Waals surface area contributed by atoms with E-state index in [-0.39, 0.29) is 0 Å². The minimum atomic E-state index is -0.997. The minimum Gasteiger partial charge on any atom is -0.478 e. The van der Waals surface area contributed by atoms with Crippen molar-refractivity contribution in [2.45, 2.75) is 0 Å². The molecule has 2 N–H and O–H groups in total. The Balaban J connectivity index is 2.45. The number of carboxylic acids is 2. The van der Waals surface area contributed by atoms with E-state index in [0.717, 1.165) is 34.1 Å². The van der Waals surface area contributed by atoms with E-state index >= 15 is 0 Å². The molecule has 4 heteroatoms. The third-order valence-electron chi connectivity index (χ3n) is 2.76. The van der Waals surface area contributed by atoms with Gasteiger partial charge in [0.05, 0.1) is 0 Å². The molecule has 0 spiro atoms. The van der Waals surface area contributed by atoms with Crippen LogP contribution in [0.3, 0.4) is 0 Å². The van der Waals surface area contributed by atoms with Crippen molar-refractivity contribution in [3.05, 3.63) is 59.7 Å². The van der Waals surface area contributed by atoms with Crippen LogP contribution in [0, 0.1) is 0 Å². The Labute approximate surface area is 115 Å². The van der Waals surface area contributed by atoms with Crippen LogP contribution in [0.4, 0.5) is 0 Å². The fraction of sp³-hybridized carbons (Fsp3) is 0. The van der Waals surface area contributed by atoms with Crippen LogP contribution in [0.5, 0.6) is 0 Å². The van der Waals surface area contributed by atoms with Gasteiger partial charge in [0.2, 0.25) is 0 Å². The number of rotatable bonds is 4. The van der Waals surface area contributed by atoms with Crippen molar-refractivity contribution in [3.8, 4) is 0 Å². The Morgan fingerprint density at radius 2 is 1.60 bits per heavy atom. The van der Waals surface area contributed by atoms with E-state index in [1.165, 1.54) is 12.2 Å². The third kappa shape index (κ3) is 3.32. The van der Waals surface area contributed by atoms with Crippen molar-refractivity contribution in [2.75, 3.05) is 0 Å². The Hall–Kier alpha value is -2.88.